The van der Waals surface area contributed by atoms with Gasteiger partial charge < -0.3 is 15.5 Å². The van der Waals surface area contributed by atoms with Gasteiger partial charge in [-0.25, -0.2) is 4.79 Å². The number of rotatable bonds is 4. The normalized spacial score (nSPS) is 10.3. The Hall–Kier alpha value is -2.20. The van der Waals surface area contributed by atoms with E-state index in [-0.39, 0.29) is 11.3 Å². The van der Waals surface area contributed by atoms with Gasteiger partial charge in [-0.1, -0.05) is 17.7 Å². The van der Waals surface area contributed by atoms with Gasteiger partial charge in [-0.2, -0.15) is 0 Å². The molecule has 20 heavy (non-hydrogen) atoms. The van der Waals surface area contributed by atoms with E-state index >= 15 is 0 Å². The number of anilines is 1. The standard InChI is InChI=1S/C15H14ClNO3/c1-9-12(15(19)20)3-2-4-13(9)17-8-10-7-11(16)5-6-14(10)18/h2-7,17-18H,8H2,1H3,(H,19,20). The fraction of sp³-hybridized carbons (Fsp3) is 0.133. The van der Waals surface area contributed by atoms with E-state index in [2.05, 4.69) is 5.32 Å². The molecule has 0 aliphatic rings. The summed E-state index contributed by atoms with van der Waals surface area (Å²) in [6.45, 7) is 2.10. The topological polar surface area (TPSA) is 69.6 Å². The number of halogens is 1. The second kappa shape index (κ2) is 5.84. The zero-order valence-corrected chi connectivity index (χ0v) is 11.6. The van der Waals surface area contributed by atoms with Crippen LogP contribution < -0.4 is 5.32 Å². The van der Waals surface area contributed by atoms with Crippen molar-refractivity contribution in [2.24, 2.45) is 0 Å². The van der Waals surface area contributed by atoms with E-state index < -0.39 is 5.97 Å². The van der Waals surface area contributed by atoms with Crippen LogP contribution in [0.3, 0.4) is 0 Å². The van der Waals surface area contributed by atoms with Crippen molar-refractivity contribution >= 4 is 23.3 Å². The molecule has 3 N–H and O–H groups in total. The minimum Gasteiger partial charge on any atom is -0.508 e. The molecule has 0 aromatic heterocycles. The van der Waals surface area contributed by atoms with Crippen LogP contribution in [0.1, 0.15) is 21.5 Å². The maximum atomic E-state index is 11.1. The fourth-order valence-electron chi connectivity index (χ4n) is 1.94. The van der Waals surface area contributed by atoms with Gasteiger partial charge in [-0.05, 0) is 42.8 Å². The Morgan fingerprint density at radius 2 is 2.05 bits per heavy atom. The largest absolute Gasteiger partial charge is 0.508 e. The van der Waals surface area contributed by atoms with Crippen molar-refractivity contribution < 1.29 is 15.0 Å². The Balaban J connectivity index is 2.21. The molecule has 0 radical (unpaired) electrons. The second-order valence-corrected chi connectivity index (χ2v) is 4.85. The summed E-state index contributed by atoms with van der Waals surface area (Å²) in [6, 6.07) is 9.83. The van der Waals surface area contributed by atoms with Crippen LogP contribution in [-0.4, -0.2) is 16.2 Å². The molecule has 104 valence electrons. The van der Waals surface area contributed by atoms with Crippen LogP contribution in [0.25, 0.3) is 0 Å². The maximum absolute atomic E-state index is 11.1. The summed E-state index contributed by atoms with van der Waals surface area (Å²) in [4.78, 5) is 11.1. The first-order chi connectivity index (χ1) is 9.49. The predicted octanol–water partition coefficient (Wildman–Crippen LogP) is 3.66. The van der Waals surface area contributed by atoms with Gasteiger partial charge in [0.05, 0.1) is 5.56 Å². The van der Waals surface area contributed by atoms with Crippen LogP contribution in [0.2, 0.25) is 5.02 Å². The fourth-order valence-corrected chi connectivity index (χ4v) is 2.14. The molecule has 0 aliphatic carbocycles. The quantitative estimate of drug-likeness (QED) is 0.804. The molecule has 0 spiro atoms. The lowest BCUT2D eigenvalue weighted by atomic mass is 10.1. The number of benzene rings is 2. The van der Waals surface area contributed by atoms with Gasteiger partial charge in [-0.15, -0.1) is 0 Å². The number of carboxylic acid groups (broad SMARTS) is 1. The highest BCUT2D eigenvalue weighted by molar-refractivity contribution is 6.30. The van der Waals surface area contributed by atoms with Crippen molar-refractivity contribution in [2.45, 2.75) is 13.5 Å². The highest BCUT2D eigenvalue weighted by Crippen LogP contribution is 2.24. The first kappa shape index (κ1) is 14.2. The van der Waals surface area contributed by atoms with Gasteiger partial charge >= 0.3 is 5.97 Å². The highest BCUT2D eigenvalue weighted by Gasteiger charge is 2.10. The van der Waals surface area contributed by atoms with Crippen molar-refractivity contribution in [3.63, 3.8) is 0 Å². The molecular formula is C15H14ClNO3. The summed E-state index contributed by atoms with van der Waals surface area (Å²) in [6.07, 6.45) is 0. The van der Waals surface area contributed by atoms with Crippen LogP contribution in [0, 0.1) is 6.92 Å². The van der Waals surface area contributed by atoms with Crippen molar-refractivity contribution in [1.82, 2.24) is 0 Å². The molecule has 0 saturated heterocycles. The molecule has 2 aromatic rings. The lowest BCUT2D eigenvalue weighted by Crippen LogP contribution is -2.05. The first-order valence-corrected chi connectivity index (χ1v) is 6.41. The van der Waals surface area contributed by atoms with E-state index in [9.17, 15) is 9.90 Å². The number of hydrogen-bond acceptors (Lipinski definition) is 3. The molecule has 0 unspecified atom stereocenters. The van der Waals surface area contributed by atoms with Gasteiger partial charge in [0.1, 0.15) is 5.75 Å². The molecule has 2 rings (SSSR count). The Morgan fingerprint density at radius 3 is 2.75 bits per heavy atom. The number of aromatic carboxylic acids is 1. The minimum absolute atomic E-state index is 0.147. The molecule has 0 fully saturated rings. The SMILES string of the molecule is Cc1c(NCc2cc(Cl)ccc2O)cccc1C(=O)O. The van der Waals surface area contributed by atoms with E-state index in [0.29, 0.717) is 28.4 Å². The van der Waals surface area contributed by atoms with E-state index in [1.807, 2.05) is 0 Å². The lowest BCUT2D eigenvalue weighted by Gasteiger charge is -2.12. The number of carboxylic acids is 1. The summed E-state index contributed by atoms with van der Waals surface area (Å²) in [5.41, 5.74) is 2.27. The molecule has 0 heterocycles. The molecule has 0 amide bonds. The molecule has 2 aromatic carbocycles. The van der Waals surface area contributed by atoms with Crippen molar-refractivity contribution in [3.05, 3.63) is 58.1 Å². The molecule has 4 nitrogen and oxygen atoms in total. The number of phenols is 1. The summed E-state index contributed by atoms with van der Waals surface area (Å²) in [5.74, 6) is -0.814. The molecule has 0 bridgehead atoms. The third kappa shape index (κ3) is 3.03. The smallest absolute Gasteiger partial charge is 0.336 e. The summed E-state index contributed by atoms with van der Waals surface area (Å²) in [5, 5.41) is 22.5. The van der Waals surface area contributed by atoms with Crippen LogP contribution in [0.4, 0.5) is 5.69 Å². The second-order valence-electron chi connectivity index (χ2n) is 4.41. The van der Waals surface area contributed by atoms with Crippen LogP contribution in [-0.2, 0) is 6.54 Å². The molecule has 0 saturated carbocycles. The van der Waals surface area contributed by atoms with E-state index in [0.717, 1.165) is 0 Å². The Kier molecular flexibility index (Phi) is 4.15. The zero-order chi connectivity index (χ0) is 14.7. The average molecular weight is 292 g/mol. The number of aromatic hydroxyl groups is 1. The monoisotopic (exact) mass is 291 g/mol. The first-order valence-electron chi connectivity index (χ1n) is 6.03. The number of hydrogen-bond donors (Lipinski definition) is 3. The van der Waals surface area contributed by atoms with Crippen molar-refractivity contribution in [2.75, 3.05) is 5.32 Å². The molecule has 5 heteroatoms. The third-order valence-electron chi connectivity index (χ3n) is 3.08. The lowest BCUT2D eigenvalue weighted by molar-refractivity contribution is 0.0696. The van der Waals surface area contributed by atoms with E-state index in [4.69, 9.17) is 16.7 Å². The number of nitrogens with one attached hydrogen (secondary N) is 1. The Labute approximate surface area is 121 Å². The van der Waals surface area contributed by atoms with Gasteiger partial charge in [0, 0.05) is 22.8 Å². The van der Waals surface area contributed by atoms with Gasteiger partial charge in [0.2, 0.25) is 0 Å². The van der Waals surface area contributed by atoms with Crippen LogP contribution in [0.5, 0.6) is 5.75 Å². The summed E-state index contributed by atoms with van der Waals surface area (Å²) in [7, 11) is 0. The summed E-state index contributed by atoms with van der Waals surface area (Å²) < 4.78 is 0. The molecule has 0 atom stereocenters. The average Bonchev–Trinajstić information content (AvgIpc) is 2.41. The Bertz CT molecular complexity index is 656. The molecule has 0 aliphatic heterocycles. The Morgan fingerprint density at radius 1 is 1.30 bits per heavy atom. The predicted molar refractivity (Wildman–Crippen MR) is 78.6 cm³/mol. The van der Waals surface area contributed by atoms with Crippen LogP contribution in [0.15, 0.2) is 36.4 Å². The zero-order valence-electron chi connectivity index (χ0n) is 10.9. The van der Waals surface area contributed by atoms with E-state index in [1.54, 1.807) is 37.3 Å². The van der Waals surface area contributed by atoms with Crippen LogP contribution >= 0.6 is 11.6 Å². The number of carbonyl (C=O) groups is 1. The summed E-state index contributed by atoms with van der Waals surface area (Å²) >= 11 is 5.88. The molecular weight excluding hydrogens is 278 g/mol. The minimum atomic E-state index is -0.961. The van der Waals surface area contributed by atoms with Crippen molar-refractivity contribution in [1.29, 1.82) is 0 Å². The number of phenolic OH excluding ortho intramolecular Hbond substituents is 1. The highest BCUT2D eigenvalue weighted by atomic mass is 35.5. The van der Waals surface area contributed by atoms with E-state index in [1.165, 1.54) is 6.07 Å². The van der Waals surface area contributed by atoms with Gasteiger partial charge in [0.15, 0.2) is 0 Å². The van der Waals surface area contributed by atoms with Gasteiger partial charge in [0.25, 0.3) is 0 Å². The third-order valence-corrected chi connectivity index (χ3v) is 3.31. The van der Waals surface area contributed by atoms with Crippen molar-refractivity contribution in [3.8, 4) is 5.75 Å². The maximum Gasteiger partial charge on any atom is 0.336 e. The van der Waals surface area contributed by atoms with Gasteiger partial charge in [-0.3, -0.25) is 0 Å².